The Balaban J connectivity index is 2.53. The highest BCUT2D eigenvalue weighted by atomic mass is 35.7. The summed E-state index contributed by atoms with van der Waals surface area (Å²) < 4.78 is 0. The second-order valence-electron chi connectivity index (χ2n) is 4.06. The fourth-order valence-electron chi connectivity index (χ4n) is 2.10. The molecule has 1 rings (SSSR count). The highest BCUT2D eigenvalue weighted by Gasteiger charge is 2.41. The van der Waals surface area contributed by atoms with Gasteiger partial charge in [0.1, 0.15) is 0 Å². The predicted molar refractivity (Wildman–Crippen MR) is 63.4 cm³/mol. The molecule has 0 saturated carbocycles. The molecule has 0 bridgehead atoms. The first-order valence-corrected chi connectivity index (χ1v) is 12.2. The summed E-state index contributed by atoms with van der Waals surface area (Å²) in [5, 5.41) is 0. The van der Waals surface area contributed by atoms with Gasteiger partial charge in [-0.3, -0.25) is 0 Å². The maximum absolute atomic E-state index is 6.24. The summed E-state index contributed by atoms with van der Waals surface area (Å²) in [5.74, 6) is 0. The van der Waals surface area contributed by atoms with Crippen molar-refractivity contribution in [1.29, 1.82) is 0 Å². The zero-order chi connectivity index (χ0) is 9.24. The van der Waals surface area contributed by atoms with E-state index in [0.29, 0.717) is 0 Å². The molecule has 1 heterocycles. The molecule has 1 aliphatic heterocycles. The van der Waals surface area contributed by atoms with Gasteiger partial charge in [0.05, 0.1) is 8.07 Å². The van der Waals surface area contributed by atoms with Gasteiger partial charge in [-0.1, -0.05) is 38.0 Å². The smallest absolute Gasteiger partial charge is 0.146 e. The summed E-state index contributed by atoms with van der Waals surface area (Å²) in [6.07, 6.45) is 0. The minimum atomic E-state index is -1.73. The maximum Gasteiger partial charge on any atom is 0.250 e. The number of halogens is 2. The highest BCUT2D eigenvalue weighted by molar-refractivity contribution is 7.46. The van der Waals surface area contributed by atoms with Crippen molar-refractivity contribution >= 4 is 36.9 Å². The van der Waals surface area contributed by atoms with E-state index >= 15 is 0 Å². The topological polar surface area (TPSA) is 0 Å². The van der Waals surface area contributed by atoms with Crippen LogP contribution in [0.5, 0.6) is 0 Å². The molecule has 0 atom stereocenters. The van der Waals surface area contributed by atoms with E-state index in [1.807, 2.05) is 0 Å². The molecule has 0 nitrogen and oxygen atoms in total. The van der Waals surface area contributed by atoms with Crippen LogP contribution in [0.4, 0.5) is 0 Å². The van der Waals surface area contributed by atoms with Gasteiger partial charge in [-0.25, -0.2) is 0 Å². The molecule has 1 aliphatic rings. The van der Waals surface area contributed by atoms with Crippen molar-refractivity contribution in [1.82, 2.24) is 0 Å². The highest BCUT2D eigenvalue weighted by Crippen LogP contribution is 2.43. The van der Waals surface area contributed by atoms with E-state index < -0.39 is 14.8 Å². The molecule has 0 N–H and O–H groups in total. The van der Waals surface area contributed by atoms with Crippen molar-refractivity contribution in [3.63, 3.8) is 0 Å². The molecule has 0 amide bonds. The maximum atomic E-state index is 6.24. The first-order valence-electron chi connectivity index (χ1n) is 4.91. The van der Waals surface area contributed by atoms with Crippen molar-refractivity contribution in [3.05, 3.63) is 0 Å². The zero-order valence-electron chi connectivity index (χ0n) is 8.00. The first-order chi connectivity index (χ1) is 5.54. The Morgan fingerprint density at radius 2 is 1.33 bits per heavy atom. The average molecular weight is 241 g/mol. The zero-order valence-corrected chi connectivity index (χ0v) is 11.5. The molecule has 0 aliphatic carbocycles. The lowest BCUT2D eigenvalue weighted by molar-refractivity contribution is 1.06. The molecule has 1 saturated heterocycles. The third kappa shape index (κ3) is 2.50. The minimum absolute atomic E-state index is 0.854. The van der Waals surface area contributed by atoms with Gasteiger partial charge in [-0.15, -0.1) is 22.2 Å². The van der Waals surface area contributed by atoms with Crippen molar-refractivity contribution in [2.45, 2.75) is 50.1 Å². The van der Waals surface area contributed by atoms with Gasteiger partial charge in [0.15, 0.2) is 0 Å². The Labute approximate surface area is 87.1 Å². The van der Waals surface area contributed by atoms with E-state index in [1.165, 1.54) is 36.3 Å². The first kappa shape index (κ1) is 11.1. The fraction of sp³-hybridized carbons (Fsp3) is 1.00. The molecule has 1 fully saturated rings. The quantitative estimate of drug-likeness (QED) is 0.496. The summed E-state index contributed by atoms with van der Waals surface area (Å²) in [4.78, 5) is 0. The SMILES string of the molecule is CC[Si]1(CC)CC[Si](Cl)(Cl)CC1. The fourth-order valence-corrected chi connectivity index (χ4v) is 15.1. The van der Waals surface area contributed by atoms with Crippen LogP contribution in [0.2, 0.25) is 36.3 Å². The van der Waals surface area contributed by atoms with Gasteiger partial charge in [-0.2, -0.15) is 0 Å². The van der Waals surface area contributed by atoms with E-state index in [4.69, 9.17) is 22.2 Å². The third-order valence-corrected chi connectivity index (χ3v) is 14.4. The Bertz CT molecular complexity index is 143. The van der Waals surface area contributed by atoms with Crippen molar-refractivity contribution in [3.8, 4) is 0 Å². The number of rotatable bonds is 2. The summed E-state index contributed by atoms with van der Waals surface area (Å²) in [6, 6.07) is 8.01. The van der Waals surface area contributed by atoms with E-state index in [-0.39, 0.29) is 0 Å². The Morgan fingerprint density at radius 1 is 0.917 bits per heavy atom. The Kier molecular flexibility index (Phi) is 3.73. The summed E-state index contributed by atoms with van der Waals surface area (Å²) in [7, 11) is -0.854. The molecule has 0 radical (unpaired) electrons. The second-order valence-corrected chi connectivity index (χ2v) is 17.1. The van der Waals surface area contributed by atoms with Gasteiger partial charge >= 0.3 is 0 Å². The lowest BCUT2D eigenvalue weighted by Gasteiger charge is -2.37. The van der Waals surface area contributed by atoms with Gasteiger partial charge in [0.2, 0.25) is 0 Å². The molecule has 0 unspecified atom stereocenters. The van der Waals surface area contributed by atoms with Crippen molar-refractivity contribution in [2.75, 3.05) is 0 Å². The summed E-state index contributed by atoms with van der Waals surface area (Å²) in [5.41, 5.74) is 0. The minimum Gasteiger partial charge on any atom is -0.146 e. The van der Waals surface area contributed by atoms with E-state index in [1.54, 1.807) is 0 Å². The molecule has 0 aromatic carbocycles. The Hall–Kier alpha value is 1.01. The van der Waals surface area contributed by atoms with Crippen molar-refractivity contribution in [2.24, 2.45) is 0 Å². The molecular formula is C8H18Cl2Si2. The largest absolute Gasteiger partial charge is 0.250 e. The third-order valence-electron chi connectivity index (χ3n) is 3.54. The lowest BCUT2D eigenvalue weighted by atomic mass is 10.9. The summed E-state index contributed by atoms with van der Waals surface area (Å²) in [6.45, 7) is 2.98. The number of hydrogen-bond acceptors (Lipinski definition) is 0. The second kappa shape index (κ2) is 4.03. The molecule has 4 heteroatoms. The molecule has 0 aromatic heterocycles. The van der Waals surface area contributed by atoms with Gasteiger partial charge < -0.3 is 0 Å². The van der Waals surface area contributed by atoms with E-state index in [9.17, 15) is 0 Å². The van der Waals surface area contributed by atoms with Crippen LogP contribution in [0.15, 0.2) is 0 Å². The van der Waals surface area contributed by atoms with Gasteiger partial charge in [0.25, 0.3) is 6.69 Å². The van der Waals surface area contributed by atoms with Crippen LogP contribution in [0.3, 0.4) is 0 Å². The van der Waals surface area contributed by atoms with Crippen LogP contribution in [0, 0.1) is 0 Å². The van der Waals surface area contributed by atoms with Gasteiger partial charge in [0, 0.05) is 0 Å². The molecule has 0 spiro atoms. The Morgan fingerprint density at radius 3 is 1.67 bits per heavy atom. The van der Waals surface area contributed by atoms with Crippen LogP contribution >= 0.6 is 22.2 Å². The monoisotopic (exact) mass is 240 g/mol. The van der Waals surface area contributed by atoms with Crippen molar-refractivity contribution < 1.29 is 0 Å². The predicted octanol–water partition coefficient (Wildman–Crippen LogP) is 4.41. The molecule has 0 aromatic rings. The van der Waals surface area contributed by atoms with Crippen LogP contribution < -0.4 is 0 Å². The molecular weight excluding hydrogens is 223 g/mol. The lowest BCUT2D eigenvalue weighted by Crippen LogP contribution is -2.41. The standard InChI is InChI=1S/C8H18Cl2Si2/c1-3-11(4-2)5-7-12(9,10)8-6-11/h3-8H2,1-2H3. The van der Waals surface area contributed by atoms with E-state index in [2.05, 4.69) is 13.8 Å². The van der Waals surface area contributed by atoms with Crippen LogP contribution in [-0.4, -0.2) is 14.8 Å². The molecule has 72 valence electrons. The normalized spacial score (nSPS) is 27.0. The molecule has 12 heavy (non-hydrogen) atoms. The van der Waals surface area contributed by atoms with Crippen LogP contribution in [-0.2, 0) is 0 Å². The average Bonchev–Trinajstić information content (AvgIpc) is 2.06. The van der Waals surface area contributed by atoms with Gasteiger partial charge in [-0.05, 0) is 12.1 Å². The number of hydrogen-bond donors (Lipinski definition) is 0. The van der Waals surface area contributed by atoms with E-state index in [0.717, 1.165) is 0 Å². The van der Waals surface area contributed by atoms with Crippen LogP contribution in [0.25, 0.3) is 0 Å². The van der Waals surface area contributed by atoms with Crippen LogP contribution in [0.1, 0.15) is 13.8 Å². The summed E-state index contributed by atoms with van der Waals surface area (Å²) >= 11 is 12.5.